The molecular formula is C11H18N2O3S. The van der Waals surface area contributed by atoms with E-state index in [-0.39, 0.29) is 11.7 Å². The van der Waals surface area contributed by atoms with E-state index in [9.17, 15) is 13.2 Å². The van der Waals surface area contributed by atoms with Crippen molar-refractivity contribution in [2.45, 2.75) is 37.6 Å². The topological polar surface area (TPSA) is 89.3 Å². The van der Waals surface area contributed by atoms with Crippen LogP contribution in [0, 0.1) is 5.92 Å². The Morgan fingerprint density at radius 3 is 2.88 bits per heavy atom. The van der Waals surface area contributed by atoms with Crippen molar-refractivity contribution >= 4 is 15.9 Å². The molecule has 1 aliphatic heterocycles. The molecule has 17 heavy (non-hydrogen) atoms. The maximum absolute atomic E-state index is 11.8. The molecular weight excluding hydrogens is 240 g/mol. The van der Waals surface area contributed by atoms with Gasteiger partial charge in [-0.15, -0.1) is 0 Å². The van der Waals surface area contributed by atoms with Crippen molar-refractivity contribution < 1.29 is 13.2 Å². The van der Waals surface area contributed by atoms with Gasteiger partial charge in [0.25, 0.3) is 5.91 Å². The second-order valence-corrected chi connectivity index (χ2v) is 6.72. The van der Waals surface area contributed by atoms with E-state index in [0.717, 1.165) is 19.3 Å². The normalized spacial score (nSPS) is 37.2. The van der Waals surface area contributed by atoms with E-state index in [0.29, 0.717) is 12.8 Å². The number of hydrogen-bond donors (Lipinski definition) is 2. The molecule has 1 heterocycles. The summed E-state index contributed by atoms with van der Waals surface area (Å²) in [6.07, 6.45) is 7.86. The van der Waals surface area contributed by atoms with Gasteiger partial charge in [0.15, 0.2) is 0 Å². The number of nitrogens with two attached hydrogens (primary N) is 1. The first-order chi connectivity index (χ1) is 7.94. The minimum absolute atomic E-state index is 0.00318. The second-order valence-electron chi connectivity index (χ2n) is 4.88. The van der Waals surface area contributed by atoms with Crippen LogP contribution in [0.25, 0.3) is 0 Å². The first-order valence-corrected chi connectivity index (χ1v) is 7.60. The van der Waals surface area contributed by atoms with Crippen LogP contribution in [0.1, 0.15) is 32.1 Å². The SMILES string of the molecule is N[C@]12C[C@H]1C=CCCCCCS(=O)(=O)NC2=O. The van der Waals surface area contributed by atoms with E-state index in [1.807, 2.05) is 12.2 Å². The summed E-state index contributed by atoms with van der Waals surface area (Å²) in [5, 5.41) is 0. The van der Waals surface area contributed by atoms with Crippen LogP contribution in [0.15, 0.2) is 12.2 Å². The smallest absolute Gasteiger partial charge is 0.254 e. The van der Waals surface area contributed by atoms with Gasteiger partial charge >= 0.3 is 0 Å². The Kier molecular flexibility index (Phi) is 3.27. The Hall–Kier alpha value is -0.880. The van der Waals surface area contributed by atoms with Crippen molar-refractivity contribution in [1.29, 1.82) is 0 Å². The van der Waals surface area contributed by atoms with Crippen molar-refractivity contribution in [2.24, 2.45) is 11.7 Å². The zero-order chi connectivity index (χ0) is 12.5. The predicted octanol–water partition coefficient (Wildman–Crippen LogP) is 0.280. The average Bonchev–Trinajstić information content (AvgIpc) is 2.88. The van der Waals surface area contributed by atoms with Crippen molar-refractivity contribution in [3.8, 4) is 0 Å². The molecule has 1 amide bonds. The van der Waals surface area contributed by atoms with Gasteiger partial charge in [-0.25, -0.2) is 8.42 Å². The van der Waals surface area contributed by atoms with Gasteiger partial charge in [0.1, 0.15) is 5.54 Å². The summed E-state index contributed by atoms with van der Waals surface area (Å²) in [6.45, 7) is 0. The van der Waals surface area contributed by atoms with E-state index in [1.54, 1.807) is 0 Å². The Labute approximate surface area is 101 Å². The molecule has 0 unspecified atom stereocenters. The fourth-order valence-corrected chi connectivity index (χ4v) is 3.24. The average molecular weight is 258 g/mol. The molecule has 1 saturated carbocycles. The lowest BCUT2D eigenvalue weighted by molar-refractivity contribution is -0.121. The third-order valence-electron chi connectivity index (χ3n) is 3.38. The van der Waals surface area contributed by atoms with Crippen molar-refractivity contribution in [2.75, 3.05) is 5.75 Å². The molecule has 96 valence electrons. The molecule has 3 N–H and O–H groups in total. The van der Waals surface area contributed by atoms with Crippen LogP contribution in [0.2, 0.25) is 0 Å². The number of allylic oxidation sites excluding steroid dienone is 1. The molecule has 0 aromatic heterocycles. The highest BCUT2D eigenvalue weighted by atomic mass is 32.2. The molecule has 0 radical (unpaired) electrons. The molecule has 1 aliphatic carbocycles. The van der Waals surface area contributed by atoms with Gasteiger partial charge in [0.2, 0.25) is 10.0 Å². The van der Waals surface area contributed by atoms with Gasteiger partial charge in [-0.05, 0) is 25.7 Å². The van der Waals surface area contributed by atoms with E-state index in [1.165, 1.54) is 0 Å². The predicted molar refractivity (Wildman–Crippen MR) is 64.6 cm³/mol. The Balaban J connectivity index is 2.13. The van der Waals surface area contributed by atoms with Crippen molar-refractivity contribution in [1.82, 2.24) is 4.72 Å². The number of amides is 1. The summed E-state index contributed by atoms with van der Waals surface area (Å²) in [4.78, 5) is 11.8. The number of carbonyl (C=O) groups is 1. The highest BCUT2D eigenvalue weighted by molar-refractivity contribution is 7.90. The van der Waals surface area contributed by atoms with Crippen LogP contribution in [-0.4, -0.2) is 25.6 Å². The molecule has 2 rings (SSSR count). The maximum atomic E-state index is 11.8. The number of sulfonamides is 1. The van der Waals surface area contributed by atoms with Gasteiger partial charge in [0.05, 0.1) is 5.75 Å². The maximum Gasteiger partial charge on any atom is 0.254 e. The van der Waals surface area contributed by atoms with Crippen LogP contribution in [0.5, 0.6) is 0 Å². The molecule has 6 heteroatoms. The summed E-state index contributed by atoms with van der Waals surface area (Å²) >= 11 is 0. The standard InChI is InChI=1S/C11H18N2O3S/c12-11-8-9(11)6-4-2-1-3-5-7-17(15,16)13-10(11)14/h4,6,9H,1-3,5,7-8,12H2,(H,13,14)/t9-,11-/m1/s1. The Morgan fingerprint density at radius 2 is 2.12 bits per heavy atom. The third-order valence-corrected chi connectivity index (χ3v) is 4.70. The molecule has 0 bridgehead atoms. The van der Waals surface area contributed by atoms with Crippen molar-refractivity contribution in [3.05, 3.63) is 12.2 Å². The highest BCUT2D eigenvalue weighted by Gasteiger charge is 2.56. The van der Waals surface area contributed by atoms with E-state index >= 15 is 0 Å². The van der Waals surface area contributed by atoms with Gasteiger partial charge < -0.3 is 5.73 Å². The molecule has 0 saturated heterocycles. The summed E-state index contributed by atoms with van der Waals surface area (Å²) in [5.41, 5.74) is 4.86. The number of carbonyl (C=O) groups excluding carboxylic acids is 1. The summed E-state index contributed by atoms with van der Waals surface area (Å²) in [5.74, 6) is -0.576. The summed E-state index contributed by atoms with van der Waals surface area (Å²) in [7, 11) is -3.51. The third kappa shape index (κ3) is 2.87. The van der Waals surface area contributed by atoms with Crippen LogP contribution in [0.4, 0.5) is 0 Å². The molecule has 2 aliphatic rings. The highest BCUT2D eigenvalue weighted by Crippen LogP contribution is 2.42. The minimum Gasteiger partial charge on any atom is -0.317 e. The second kappa shape index (κ2) is 4.42. The van der Waals surface area contributed by atoms with Crippen molar-refractivity contribution in [3.63, 3.8) is 0 Å². The Bertz CT molecular complexity index is 444. The monoisotopic (exact) mass is 258 g/mol. The Morgan fingerprint density at radius 1 is 1.35 bits per heavy atom. The first-order valence-electron chi connectivity index (χ1n) is 5.94. The van der Waals surface area contributed by atoms with Gasteiger partial charge in [-0.2, -0.15) is 0 Å². The number of nitrogens with one attached hydrogen (secondary N) is 1. The first kappa shape index (κ1) is 12.6. The molecule has 0 spiro atoms. The summed E-state index contributed by atoms with van der Waals surface area (Å²) < 4.78 is 25.3. The van der Waals surface area contributed by atoms with E-state index in [2.05, 4.69) is 4.72 Å². The summed E-state index contributed by atoms with van der Waals surface area (Å²) in [6, 6.07) is 0. The van der Waals surface area contributed by atoms with Crippen LogP contribution < -0.4 is 10.5 Å². The van der Waals surface area contributed by atoms with E-state index in [4.69, 9.17) is 5.73 Å². The molecule has 1 fully saturated rings. The van der Waals surface area contributed by atoms with Gasteiger partial charge in [-0.1, -0.05) is 18.6 Å². The lowest BCUT2D eigenvalue weighted by Crippen LogP contribution is -2.47. The van der Waals surface area contributed by atoms with E-state index < -0.39 is 21.5 Å². The zero-order valence-electron chi connectivity index (χ0n) is 9.69. The fraction of sp³-hybridized carbons (Fsp3) is 0.727. The van der Waals surface area contributed by atoms with Crippen LogP contribution >= 0.6 is 0 Å². The van der Waals surface area contributed by atoms with Crippen LogP contribution in [-0.2, 0) is 14.8 Å². The lowest BCUT2D eigenvalue weighted by atomic mass is 10.1. The number of fused-ring (bicyclic) bond motifs is 1. The largest absolute Gasteiger partial charge is 0.317 e. The molecule has 2 atom stereocenters. The molecule has 0 aromatic rings. The zero-order valence-corrected chi connectivity index (χ0v) is 10.5. The minimum atomic E-state index is -3.51. The number of rotatable bonds is 0. The van der Waals surface area contributed by atoms with Crippen LogP contribution in [0.3, 0.4) is 0 Å². The number of hydrogen-bond acceptors (Lipinski definition) is 4. The van der Waals surface area contributed by atoms with Gasteiger partial charge in [-0.3, -0.25) is 9.52 Å². The molecule has 0 aromatic carbocycles. The molecule has 5 nitrogen and oxygen atoms in total. The lowest BCUT2D eigenvalue weighted by Gasteiger charge is -2.12. The fourth-order valence-electron chi connectivity index (χ4n) is 2.08. The van der Waals surface area contributed by atoms with Gasteiger partial charge in [0, 0.05) is 5.92 Å². The quantitative estimate of drug-likeness (QED) is 0.611.